The first kappa shape index (κ1) is 14.2. The lowest BCUT2D eigenvalue weighted by atomic mass is 10.2. The Morgan fingerprint density at radius 3 is 2.55 bits per heavy atom. The van der Waals surface area contributed by atoms with Crippen molar-refractivity contribution in [2.45, 2.75) is 22.6 Å². The Kier molecular flexibility index (Phi) is 5.28. The van der Waals surface area contributed by atoms with E-state index in [1.54, 1.807) is 11.8 Å². The smallest absolute Gasteiger partial charge is 0.225 e. The van der Waals surface area contributed by atoms with Gasteiger partial charge >= 0.3 is 0 Å². The van der Waals surface area contributed by atoms with E-state index in [1.807, 2.05) is 54.6 Å². The predicted octanol–water partition coefficient (Wildman–Crippen LogP) is 4.19. The molecule has 0 aliphatic heterocycles. The van der Waals surface area contributed by atoms with Gasteiger partial charge in [-0.15, -0.1) is 12.3 Å². The minimum atomic E-state index is -0.0518. The highest BCUT2D eigenvalue weighted by atomic mass is 32.2. The van der Waals surface area contributed by atoms with Gasteiger partial charge in [-0.2, -0.15) is 0 Å². The van der Waals surface area contributed by atoms with Crippen LogP contribution in [0.25, 0.3) is 0 Å². The molecule has 1 amide bonds. The summed E-state index contributed by atoms with van der Waals surface area (Å²) in [5, 5.41) is 2.91. The first-order valence-electron chi connectivity index (χ1n) is 6.35. The maximum Gasteiger partial charge on any atom is 0.225 e. The molecule has 0 atom stereocenters. The molecule has 1 N–H and O–H groups in total. The van der Waals surface area contributed by atoms with Crippen LogP contribution < -0.4 is 5.32 Å². The van der Waals surface area contributed by atoms with E-state index in [1.165, 1.54) is 0 Å². The fraction of sp³-hybridized carbons (Fsp3) is 0.118. The highest BCUT2D eigenvalue weighted by Gasteiger charge is 2.07. The molecule has 0 aliphatic rings. The van der Waals surface area contributed by atoms with Crippen molar-refractivity contribution in [3.63, 3.8) is 0 Å². The van der Waals surface area contributed by atoms with Crippen LogP contribution in [-0.2, 0) is 4.79 Å². The van der Waals surface area contributed by atoms with Crippen LogP contribution in [0.15, 0.2) is 64.4 Å². The second-order valence-corrected chi connectivity index (χ2v) is 5.28. The maximum absolute atomic E-state index is 11.8. The fourth-order valence-electron chi connectivity index (χ4n) is 1.67. The molecule has 0 saturated carbocycles. The van der Waals surface area contributed by atoms with Gasteiger partial charge in [0.05, 0.1) is 5.69 Å². The van der Waals surface area contributed by atoms with E-state index in [-0.39, 0.29) is 5.91 Å². The molecule has 20 heavy (non-hydrogen) atoms. The van der Waals surface area contributed by atoms with Gasteiger partial charge in [-0.25, -0.2) is 0 Å². The Hall–Kier alpha value is -2.18. The largest absolute Gasteiger partial charge is 0.325 e. The number of terminal acetylenes is 1. The average molecular weight is 281 g/mol. The van der Waals surface area contributed by atoms with Gasteiger partial charge in [-0.05, 0) is 24.3 Å². The average Bonchev–Trinajstić information content (AvgIpc) is 2.48. The standard InChI is InChI=1S/C17H15NOS/c1-2-3-13-17(19)18-15-11-7-8-12-16(15)20-14-9-5-4-6-10-14/h1,4-12H,3,13H2,(H,18,19). The van der Waals surface area contributed by atoms with Gasteiger partial charge in [0.15, 0.2) is 0 Å². The lowest BCUT2D eigenvalue weighted by Gasteiger charge is -2.10. The highest BCUT2D eigenvalue weighted by Crippen LogP contribution is 2.33. The summed E-state index contributed by atoms with van der Waals surface area (Å²) in [7, 11) is 0. The second kappa shape index (κ2) is 7.42. The SMILES string of the molecule is C#CCCC(=O)Nc1ccccc1Sc1ccccc1. The molecule has 0 heterocycles. The molecule has 2 aromatic rings. The summed E-state index contributed by atoms with van der Waals surface area (Å²) in [5.74, 6) is 2.42. The van der Waals surface area contributed by atoms with E-state index < -0.39 is 0 Å². The van der Waals surface area contributed by atoms with Crippen LogP contribution >= 0.6 is 11.8 Å². The molecule has 0 spiro atoms. The van der Waals surface area contributed by atoms with E-state index in [2.05, 4.69) is 11.2 Å². The number of hydrogen-bond donors (Lipinski definition) is 1. The van der Waals surface area contributed by atoms with Crippen LogP contribution in [0.2, 0.25) is 0 Å². The minimum absolute atomic E-state index is 0.0518. The summed E-state index contributed by atoms with van der Waals surface area (Å²) < 4.78 is 0. The van der Waals surface area contributed by atoms with Crippen molar-refractivity contribution < 1.29 is 4.79 Å². The van der Waals surface area contributed by atoms with Crippen molar-refractivity contribution in [1.29, 1.82) is 0 Å². The van der Waals surface area contributed by atoms with Crippen LogP contribution in [0.4, 0.5) is 5.69 Å². The molecule has 0 fully saturated rings. The number of benzene rings is 2. The van der Waals surface area contributed by atoms with Crippen molar-refractivity contribution in [2.75, 3.05) is 5.32 Å². The fourth-order valence-corrected chi connectivity index (χ4v) is 2.60. The van der Waals surface area contributed by atoms with Crippen molar-refractivity contribution in [2.24, 2.45) is 0 Å². The Bertz CT molecular complexity index is 616. The van der Waals surface area contributed by atoms with Crippen LogP contribution in [-0.4, -0.2) is 5.91 Å². The number of carbonyl (C=O) groups is 1. The zero-order valence-electron chi connectivity index (χ0n) is 11.0. The normalized spacial score (nSPS) is 9.75. The van der Waals surface area contributed by atoms with Gasteiger partial charge in [0, 0.05) is 22.6 Å². The molecule has 3 heteroatoms. The summed E-state index contributed by atoms with van der Waals surface area (Å²) >= 11 is 1.63. The minimum Gasteiger partial charge on any atom is -0.325 e. The van der Waals surface area contributed by atoms with Gasteiger partial charge in [-0.3, -0.25) is 4.79 Å². The Labute approximate surface area is 123 Å². The lowest BCUT2D eigenvalue weighted by molar-refractivity contribution is -0.116. The first-order chi connectivity index (χ1) is 9.79. The summed E-state index contributed by atoms with van der Waals surface area (Å²) in [6.07, 6.45) is 5.97. The molecule has 2 rings (SSSR count). The second-order valence-electron chi connectivity index (χ2n) is 4.16. The van der Waals surface area contributed by atoms with Crippen LogP contribution in [0.1, 0.15) is 12.8 Å². The predicted molar refractivity (Wildman–Crippen MR) is 83.7 cm³/mol. The third-order valence-electron chi connectivity index (χ3n) is 2.63. The number of hydrogen-bond acceptors (Lipinski definition) is 2. The molecule has 0 aliphatic carbocycles. The molecule has 0 bridgehead atoms. The summed E-state index contributed by atoms with van der Waals surface area (Å²) in [4.78, 5) is 13.9. The number of carbonyl (C=O) groups excluding carboxylic acids is 1. The number of nitrogens with one attached hydrogen (secondary N) is 1. The van der Waals surface area contributed by atoms with Crippen LogP contribution in [0.5, 0.6) is 0 Å². The highest BCUT2D eigenvalue weighted by molar-refractivity contribution is 7.99. The quantitative estimate of drug-likeness (QED) is 0.833. The number of para-hydroxylation sites is 1. The maximum atomic E-state index is 11.8. The van der Waals surface area contributed by atoms with Crippen molar-refractivity contribution in [1.82, 2.24) is 0 Å². The van der Waals surface area contributed by atoms with Crippen molar-refractivity contribution in [3.8, 4) is 12.3 Å². The summed E-state index contributed by atoms with van der Waals surface area (Å²) in [5.41, 5.74) is 0.823. The third kappa shape index (κ3) is 4.18. The molecule has 0 unspecified atom stereocenters. The van der Waals surface area contributed by atoms with Crippen LogP contribution in [0, 0.1) is 12.3 Å². The first-order valence-corrected chi connectivity index (χ1v) is 7.16. The molecule has 0 radical (unpaired) electrons. The Morgan fingerprint density at radius 1 is 1.10 bits per heavy atom. The van der Waals surface area contributed by atoms with E-state index in [0.717, 1.165) is 15.5 Å². The zero-order valence-corrected chi connectivity index (χ0v) is 11.8. The third-order valence-corrected chi connectivity index (χ3v) is 3.71. The monoisotopic (exact) mass is 281 g/mol. The van der Waals surface area contributed by atoms with E-state index in [9.17, 15) is 4.79 Å². The topological polar surface area (TPSA) is 29.1 Å². The molecule has 0 aromatic heterocycles. The number of anilines is 1. The Balaban J connectivity index is 2.10. The van der Waals surface area contributed by atoms with Crippen LogP contribution in [0.3, 0.4) is 0 Å². The number of rotatable bonds is 5. The van der Waals surface area contributed by atoms with Gasteiger partial charge < -0.3 is 5.32 Å². The van der Waals surface area contributed by atoms with E-state index >= 15 is 0 Å². The van der Waals surface area contributed by atoms with Gasteiger partial charge in [-0.1, -0.05) is 42.1 Å². The molecular formula is C17H15NOS. The summed E-state index contributed by atoms with van der Waals surface area (Å²) in [6, 6.07) is 17.8. The molecule has 2 nitrogen and oxygen atoms in total. The lowest BCUT2D eigenvalue weighted by Crippen LogP contribution is -2.11. The number of amides is 1. The van der Waals surface area contributed by atoms with Gasteiger partial charge in [0.25, 0.3) is 0 Å². The summed E-state index contributed by atoms with van der Waals surface area (Å²) in [6.45, 7) is 0. The van der Waals surface area contributed by atoms with Gasteiger partial charge in [0.2, 0.25) is 5.91 Å². The molecule has 0 saturated heterocycles. The zero-order chi connectivity index (χ0) is 14.2. The Morgan fingerprint density at radius 2 is 1.80 bits per heavy atom. The molecular weight excluding hydrogens is 266 g/mol. The van der Waals surface area contributed by atoms with Gasteiger partial charge in [0.1, 0.15) is 0 Å². The molecule has 100 valence electrons. The van der Waals surface area contributed by atoms with E-state index in [4.69, 9.17) is 6.42 Å². The van der Waals surface area contributed by atoms with E-state index in [0.29, 0.717) is 12.8 Å². The van der Waals surface area contributed by atoms with Crippen molar-refractivity contribution in [3.05, 3.63) is 54.6 Å². The van der Waals surface area contributed by atoms with Crippen molar-refractivity contribution >= 4 is 23.4 Å². The molecule has 2 aromatic carbocycles.